The minimum absolute atomic E-state index is 0.657. The molecule has 1 aliphatic rings. The summed E-state index contributed by atoms with van der Waals surface area (Å²) in [5.41, 5.74) is 1.97. The normalized spacial score (nSPS) is 14.1. The lowest BCUT2D eigenvalue weighted by Crippen LogP contribution is -2.17. The smallest absolute Gasteiger partial charge is 0.143 e. The van der Waals surface area contributed by atoms with Crippen molar-refractivity contribution in [1.82, 2.24) is 15.0 Å². The zero-order valence-electron chi connectivity index (χ0n) is 12.9. The molecule has 4 rings (SSSR count). The van der Waals surface area contributed by atoms with E-state index in [1.165, 1.54) is 29.9 Å². The first-order chi connectivity index (χ1) is 11.8. The number of hydrogen-bond donors (Lipinski definition) is 1. The molecule has 4 heterocycles. The fraction of sp³-hybridized carbons (Fsp3) is 0.235. The van der Waals surface area contributed by atoms with Crippen LogP contribution in [-0.2, 0) is 0 Å². The maximum Gasteiger partial charge on any atom is 0.143 e. The molecule has 122 valence electrons. The molecule has 1 saturated heterocycles. The van der Waals surface area contributed by atoms with Crippen LogP contribution in [0.15, 0.2) is 42.7 Å². The Hall–Kier alpha value is -2.18. The van der Waals surface area contributed by atoms with Gasteiger partial charge in [-0.3, -0.25) is 0 Å². The van der Waals surface area contributed by atoms with Crippen molar-refractivity contribution in [2.75, 3.05) is 23.3 Å². The van der Waals surface area contributed by atoms with Crippen molar-refractivity contribution >= 4 is 40.3 Å². The summed E-state index contributed by atoms with van der Waals surface area (Å²) in [5, 5.41) is 4.05. The molecule has 3 aromatic heterocycles. The highest BCUT2D eigenvalue weighted by atomic mass is 35.5. The van der Waals surface area contributed by atoms with Crippen LogP contribution in [0.1, 0.15) is 12.8 Å². The largest absolute Gasteiger partial charge is 0.370 e. The third-order valence-electron chi connectivity index (χ3n) is 3.92. The molecular weight excluding hydrogens is 342 g/mol. The Bertz CT molecular complexity index is 827. The first kappa shape index (κ1) is 15.4. The number of pyridine rings is 2. The van der Waals surface area contributed by atoms with Gasteiger partial charge in [0.25, 0.3) is 0 Å². The molecule has 0 atom stereocenters. The Morgan fingerprint density at radius 2 is 1.88 bits per heavy atom. The van der Waals surface area contributed by atoms with Crippen LogP contribution >= 0.6 is 22.9 Å². The van der Waals surface area contributed by atoms with Crippen LogP contribution in [0.3, 0.4) is 0 Å². The fourth-order valence-electron chi connectivity index (χ4n) is 2.75. The van der Waals surface area contributed by atoms with E-state index in [0.717, 1.165) is 35.4 Å². The average molecular weight is 358 g/mol. The van der Waals surface area contributed by atoms with Crippen molar-refractivity contribution in [3.63, 3.8) is 0 Å². The highest BCUT2D eigenvalue weighted by molar-refractivity contribution is 7.18. The van der Waals surface area contributed by atoms with E-state index in [-0.39, 0.29) is 0 Å². The highest BCUT2D eigenvalue weighted by Gasteiger charge is 2.12. The van der Waals surface area contributed by atoms with Crippen LogP contribution < -0.4 is 10.2 Å². The van der Waals surface area contributed by atoms with E-state index in [1.807, 2.05) is 30.5 Å². The highest BCUT2D eigenvalue weighted by Crippen LogP contribution is 2.28. The SMILES string of the molecule is Clc1cnc(-c2cccc(Nc3ccc(N4CCCC4)cn3)n2)s1. The molecule has 0 amide bonds. The Morgan fingerprint density at radius 1 is 1.00 bits per heavy atom. The number of nitrogens with zero attached hydrogens (tertiary/aromatic N) is 4. The summed E-state index contributed by atoms with van der Waals surface area (Å²) in [4.78, 5) is 15.7. The standard InChI is InChI=1S/C17H16ClN5S/c18-14-11-20-17(24-14)13-4-3-5-16(21-13)22-15-7-6-12(10-19-15)23-8-1-2-9-23/h3-7,10-11H,1-2,8-9H2,(H,19,21,22). The van der Waals surface area contributed by atoms with Crippen molar-refractivity contribution < 1.29 is 0 Å². The fourth-order valence-corrected chi connectivity index (χ4v) is 3.63. The summed E-state index contributed by atoms with van der Waals surface area (Å²) < 4.78 is 0.657. The van der Waals surface area contributed by atoms with E-state index in [1.54, 1.807) is 6.20 Å². The van der Waals surface area contributed by atoms with E-state index in [9.17, 15) is 0 Å². The molecule has 0 bridgehead atoms. The molecule has 1 aliphatic heterocycles. The van der Waals surface area contributed by atoms with Gasteiger partial charge in [-0.15, -0.1) is 11.3 Å². The maximum absolute atomic E-state index is 5.95. The Balaban J connectivity index is 1.50. The van der Waals surface area contributed by atoms with Crippen LogP contribution in [0.4, 0.5) is 17.3 Å². The van der Waals surface area contributed by atoms with Gasteiger partial charge in [-0.05, 0) is 37.1 Å². The monoisotopic (exact) mass is 357 g/mol. The summed E-state index contributed by atoms with van der Waals surface area (Å²) in [6.45, 7) is 2.24. The lowest BCUT2D eigenvalue weighted by Gasteiger charge is -2.17. The number of halogens is 1. The van der Waals surface area contributed by atoms with Crippen molar-refractivity contribution in [1.29, 1.82) is 0 Å². The van der Waals surface area contributed by atoms with Crippen LogP contribution in [0, 0.1) is 0 Å². The molecule has 0 radical (unpaired) electrons. The third kappa shape index (κ3) is 3.34. The maximum atomic E-state index is 5.95. The lowest BCUT2D eigenvalue weighted by atomic mass is 10.3. The molecule has 5 nitrogen and oxygen atoms in total. The Labute approximate surface area is 149 Å². The second kappa shape index (κ2) is 6.75. The number of hydrogen-bond acceptors (Lipinski definition) is 6. The van der Waals surface area contributed by atoms with Crippen molar-refractivity contribution in [3.8, 4) is 10.7 Å². The van der Waals surface area contributed by atoms with E-state index >= 15 is 0 Å². The minimum Gasteiger partial charge on any atom is -0.370 e. The molecule has 1 fully saturated rings. The second-order valence-corrected chi connectivity index (χ2v) is 7.26. The quantitative estimate of drug-likeness (QED) is 0.739. The summed E-state index contributed by atoms with van der Waals surface area (Å²) in [7, 11) is 0. The molecule has 7 heteroatoms. The van der Waals surface area contributed by atoms with Crippen LogP contribution in [-0.4, -0.2) is 28.0 Å². The molecule has 0 aromatic carbocycles. The molecule has 3 aromatic rings. The number of anilines is 3. The molecule has 0 spiro atoms. The van der Waals surface area contributed by atoms with Crippen LogP contribution in [0.25, 0.3) is 10.7 Å². The number of rotatable bonds is 4. The van der Waals surface area contributed by atoms with Gasteiger partial charge in [0.15, 0.2) is 0 Å². The zero-order valence-corrected chi connectivity index (χ0v) is 14.5. The Kier molecular flexibility index (Phi) is 4.32. The van der Waals surface area contributed by atoms with Gasteiger partial charge in [0.05, 0.1) is 18.1 Å². The van der Waals surface area contributed by atoms with Gasteiger partial charge in [-0.2, -0.15) is 0 Å². The van der Waals surface area contributed by atoms with Crippen LogP contribution in [0.5, 0.6) is 0 Å². The van der Waals surface area contributed by atoms with E-state index in [2.05, 4.69) is 31.2 Å². The second-order valence-electron chi connectivity index (χ2n) is 5.60. The molecule has 1 N–H and O–H groups in total. The predicted octanol–water partition coefficient (Wildman–Crippen LogP) is 4.60. The third-order valence-corrected chi connectivity index (χ3v) is 5.06. The molecule has 0 unspecified atom stereocenters. The van der Waals surface area contributed by atoms with Gasteiger partial charge < -0.3 is 10.2 Å². The van der Waals surface area contributed by atoms with Crippen molar-refractivity contribution in [2.45, 2.75) is 12.8 Å². The van der Waals surface area contributed by atoms with Gasteiger partial charge in [0, 0.05) is 13.1 Å². The molecule has 0 saturated carbocycles. The molecular formula is C17H16ClN5S. The summed E-state index contributed by atoms with van der Waals surface area (Å²) in [5.74, 6) is 1.51. The summed E-state index contributed by atoms with van der Waals surface area (Å²) >= 11 is 7.36. The van der Waals surface area contributed by atoms with Crippen LogP contribution in [0.2, 0.25) is 4.34 Å². The van der Waals surface area contributed by atoms with E-state index in [4.69, 9.17) is 11.6 Å². The minimum atomic E-state index is 0.657. The Morgan fingerprint density at radius 3 is 2.58 bits per heavy atom. The number of aromatic nitrogens is 3. The number of thiazole rings is 1. The average Bonchev–Trinajstić information content (AvgIpc) is 3.28. The first-order valence-corrected chi connectivity index (χ1v) is 9.04. The molecule has 24 heavy (non-hydrogen) atoms. The molecule has 0 aliphatic carbocycles. The van der Waals surface area contributed by atoms with Gasteiger partial charge in [-0.1, -0.05) is 17.7 Å². The zero-order chi connectivity index (χ0) is 16.4. The van der Waals surface area contributed by atoms with Gasteiger partial charge in [0.2, 0.25) is 0 Å². The van der Waals surface area contributed by atoms with Gasteiger partial charge in [0.1, 0.15) is 26.7 Å². The topological polar surface area (TPSA) is 53.9 Å². The summed E-state index contributed by atoms with van der Waals surface area (Å²) in [6, 6.07) is 9.87. The predicted molar refractivity (Wildman–Crippen MR) is 99.3 cm³/mol. The van der Waals surface area contributed by atoms with Crippen molar-refractivity contribution in [3.05, 3.63) is 47.1 Å². The van der Waals surface area contributed by atoms with Gasteiger partial charge in [-0.25, -0.2) is 15.0 Å². The van der Waals surface area contributed by atoms with E-state index < -0.39 is 0 Å². The number of nitrogens with one attached hydrogen (secondary N) is 1. The lowest BCUT2D eigenvalue weighted by molar-refractivity contribution is 0.949. The van der Waals surface area contributed by atoms with Crippen molar-refractivity contribution in [2.24, 2.45) is 0 Å². The summed E-state index contributed by atoms with van der Waals surface area (Å²) in [6.07, 6.45) is 6.08. The first-order valence-electron chi connectivity index (χ1n) is 7.85. The van der Waals surface area contributed by atoms with E-state index in [0.29, 0.717) is 4.34 Å². The van der Waals surface area contributed by atoms with Gasteiger partial charge >= 0.3 is 0 Å².